The highest BCUT2D eigenvalue weighted by molar-refractivity contribution is 6.17. The van der Waals surface area contributed by atoms with Crippen molar-refractivity contribution in [3.05, 3.63) is 79.2 Å². The summed E-state index contributed by atoms with van der Waals surface area (Å²) in [5, 5.41) is 13.1. The van der Waals surface area contributed by atoms with Crippen LogP contribution in [0.25, 0.3) is 16.5 Å². The average molecular weight is 847 g/mol. The van der Waals surface area contributed by atoms with Crippen LogP contribution in [0, 0.1) is 6.92 Å². The molecule has 15 heteroatoms. The molecule has 3 heterocycles. The molecule has 0 spiro atoms. The van der Waals surface area contributed by atoms with Crippen LogP contribution in [-0.4, -0.2) is 110 Å². The van der Waals surface area contributed by atoms with Crippen LogP contribution in [0.15, 0.2) is 33.5 Å². The molecule has 9 atom stereocenters. The number of hydrogen-bond acceptors (Lipinski definition) is 15. The van der Waals surface area contributed by atoms with Crippen molar-refractivity contribution in [3.63, 3.8) is 0 Å². The normalized spacial score (nSPS) is 29.0. The summed E-state index contributed by atoms with van der Waals surface area (Å²) < 4.78 is 44.0. The first kappa shape index (κ1) is 45.6. The third-order valence-electron chi connectivity index (χ3n) is 12.8. The van der Waals surface area contributed by atoms with Gasteiger partial charge in [-0.25, -0.2) is 0 Å². The first-order valence-electron chi connectivity index (χ1n) is 20.5. The van der Waals surface area contributed by atoms with Crippen LogP contribution in [0.4, 0.5) is 0 Å². The Balaban J connectivity index is 1.74. The molecule has 0 saturated carbocycles. The number of fused-ring (bicyclic) bond motifs is 4. The molecule has 0 unspecified atom stereocenters. The lowest BCUT2D eigenvalue weighted by atomic mass is 9.72. The first-order valence-corrected chi connectivity index (χ1v) is 20.5. The van der Waals surface area contributed by atoms with Gasteiger partial charge in [0.25, 0.3) is 5.79 Å². The fourth-order valence-electron chi connectivity index (χ4n) is 9.49. The van der Waals surface area contributed by atoms with Crippen LogP contribution in [0.1, 0.15) is 130 Å². The Labute approximate surface area is 355 Å². The van der Waals surface area contributed by atoms with Crippen molar-refractivity contribution in [1.29, 1.82) is 0 Å². The van der Waals surface area contributed by atoms with E-state index < -0.39 is 88.9 Å². The monoisotopic (exact) mass is 846 g/mol. The highest BCUT2D eigenvalue weighted by Gasteiger charge is 2.56. The van der Waals surface area contributed by atoms with Gasteiger partial charge in [0.1, 0.15) is 29.3 Å². The number of hydrogen-bond donors (Lipinski definition) is 1. The van der Waals surface area contributed by atoms with E-state index >= 15 is 4.79 Å². The van der Waals surface area contributed by atoms with Gasteiger partial charge in [0.05, 0.1) is 52.5 Å². The molecular formula is C46H58N2O13. The summed E-state index contributed by atoms with van der Waals surface area (Å²) >= 11 is 0. The molecule has 2 saturated heterocycles. The van der Waals surface area contributed by atoms with Crippen LogP contribution < -0.4 is 5.43 Å². The van der Waals surface area contributed by atoms with Crippen LogP contribution in [-0.2, 0) is 48.6 Å². The van der Waals surface area contributed by atoms with Gasteiger partial charge < -0.3 is 47.7 Å². The maximum absolute atomic E-state index is 15.5. The van der Waals surface area contributed by atoms with Crippen molar-refractivity contribution in [2.75, 3.05) is 35.3 Å². The summed E-state index contributed by atoms with van der Waals surface area (Å²) in [6.07, 6.45) is -2.33. The molecule has 3 aliphatic rings. The molecule has 3 aromatic rings. The van der Waals surface area contributed by atoms with Crippen LogP contribution >= 0.6 is 0 Å². The summed E-state index contributed by atoms with van der Waals surface area (Å²) in [6, 6.07) is 4.20. The highest BCUT2D eigenvalue weighted by Crippen LogP contribution is 2.56. The van der Waals surface area contributed by atoms with Crippen molar-refractivity contribution >= 4 is 40.2 Å². The highest BCUT2D eigenvalue weighted by atomic mass is 16.7. The molecule has 0 amide bonds. The standard InChI is InChI=1S/C46H58N2O13/c1-15-21(2)33-19-32(52)36-22(3)16-30-38(43(36)60-33)46(55-14,61-27(8)51)39-37(40(30)53)28(34-18-31(47(10)11)42(23(4)56-34)58-25(6)49)17-29(41(39)54)35-20-45(9,48(12)13)44(24(5)57-35)59-26(7)50/h15-17,19,23-24,31,34-35,42,44,54H,18,20H2,1-14H3/b21-15+/t23-,24+,31-,34-,35-,42-,44-,45+,46+/m1/s1. The minimum absolute atomic E-state index is 0.0187. The fourth-order valence-corrected chi connectivity index (χ4v) is 9.49. The van der Waals surface area contributed by atoms with Gasteiger partial charge in [-0.3, -0.25) is 24.0 Å². The fraction of sp³-hybridized carbons (Fsp3) is 0.543. The Morgan fingerprint density at radius 3 is 2.08 bits per heavy atom. The Hall–Kier alpha value is -4.93. The molecular weight excluding hydrogens is 789 g/mol. The molecule has 0 bridgehead atoms. The summed E-state index contributed by atoms with van der Waals surface area (Å²) in [5.41, 5.74) is -0.0139. The SMILES string of the molecule is C/C=C(\C)c1cc(=O)c2c(C)cc3c(c2o1)[C@](OC)(OC(C)=O)c1c(O)c([C@H]2C[C@](C)(N(C)C)[C@H](OC(C)=O)[C@H](C)O2)cc([C@H]2C[C@@H](N(C)C)[C@H](OC(C)=O)[C@@H](C)O2)c1C3=O. The zero-order valence-corrected chi connectivity index (χ0v) is 37.5. The van der Waals surface area contributed by atoms with E-state index in [4.69, 9.17) is 32.8 Å². The molecule has 2 aliphatic heterocycles. The maximum Gasteiger partial charge on any atom is 0.305 e. The molecule has 6 rings (SSSR count). The summed E-state index contributed by atoms with van der Waals surface area (Å²) in [5.74, 6) is -4.99. The quantitative estimate of drug-likeness (QED) is 0.150. The molecule has 1 aliphatic carbocycles. The van der Waals surface area contributed by atoms with Gasteiger partial charge >= 0.3 is 17.9 Å². The zero-order chi connectivity index (χ0) is 45.2. The molecule has 2 fully saturated rings. The maximum atomic E-state index is 15.5. The number of ketones is 1. The Kier molecular flexibility index (Phi) is 12.5. The number of phenolic OH excluding ortho intramolecular Hbond substituents is 1. The second kappa shape index (κ2) is 16.7. The van der Waals surface area contributed by atoms with Gasteiger partial charge in [-0.15, -0.1) is 0 Å². The number of likely N-dealkylation sites (N-methyl/N-ethyl adjacent to an activating group) is 2. The Morgan fingerprint density at radius 1 is 0.885 bits per heavy atom. The van der Waals surface area contributed by atoms with Gasteiger partial charge in [0.15, 0.2) is 11.2 Å². The molecule has 15 nitrogen and oxygen atoms in total. The minimum atomic E-state index is -2.38. The van der Waals surface area contributed by atoms with Gasteiger partial charge in [0, 0.05) is 50.6 Å². The van der Waals surface area contributed by atoms with Crippen LogP contribution in [0.3, 0.4) is 0 Å². The molecule has 61 heavy (non-hydrogen) atoms. The minimum Gasteiger partial charge on any atom is -0.507 e. The number of carbonyl (C=O) groups excluding carboxylic acids is 4. The average Bonchev–Trinajstić information content (AvgIpc) is 3.17. The predicted octanol–water partition coefficient (Wildman–Crippen LogP) is 6.00. The zero-order valence-electron chi connectivity index (χ0n) is 37.5. The number of methoxy groups -OCH3 is 1. The van der Waals surface area contributed by atoms with E-state index in [-0.39, 0.29) is 57.4 Å². The van der Waals surface area contributed by atoms with Crippen LogP contribution in [0.2, 0.25) is 0 Å². The number of ether oxygens (including phenoxy) is 6. The number of phenols is 1. The van der Waals surface area contributed by atoms with Gasteiger partial charge in [0.2, 0.25) is 0 Å². The van der Waals surface area contributed by atoms with E-state index in [9.17, 15) is 24.3 Å². The van der Waals surface area contributed by atoms with Gasteiger partial charge in [-0.1, -0.05) is 6.08 Å². The number of benzene rings is 2. The number of nitrogens with zero attached hydrogens (tertiary/aromatic N) is 2. The predicted molar refractivity (Wildman–Crippen MR) is 224 cm³/mol. The molecule has 1 N–H and O–H groups in total. The molecule has 2 aromatic carbocycles. The van der Waals surface area contributed by atoms with Gasteiger partial charge in [-0.2, -0.15) is 0 Å². The van der Waals surface area contributed by atoms with Crippen molar-refractivity contribution in [1.82, 2.24) is 9.80 Å². The lowest BCUT2D eigenvalue weighted by Gasteiger charge is -2.51. The largest absolute Gasteiger partial charge is 0.507 e. The topological polar surface area (TPSA) is 181 Å². The number of carbonyl (C=O) groups is 4. The smallest absolute Gasteiger partial charge is 0.305 e. The van der Waals surface area contributed by atoms with Crippen LogP contribution in [0.5, 0.6) is 5.75 Å². The second-order valence-corrected chi connectivity index (χ2v) is 17.1. The van der Waals surface area contributed by atoms with Gasteiger partial charge in [-0.05, 0) is 111 Å². The van der Waals surface area contributed by atoms with E-state index in [0.717, 1.165) is 0 Å². The van der Waals surface area contributed by atoms with Crippen molar-refractivity contribution in [3.8, 4) is 5.75 Å². The lowest BCUT2D eigenvalue weighted by molar-refractivity contribution is -0.208. The van der Waals surface area contributed by atoms with E-state index in [1.165, 1.54) is 33.9 Å². The Bertz CT molecular complexity index is 2380. The summed E-state index contributed by atoms with van der Waals surface area (Å²) in [6.45, 7) is 14.6. The number of rotatable bonds is 9. The molecule has 1 aromatic heterocycles. The van der Waals surface area contributed by atoms with Crippen molar-refractivity contribution < 1.29 is 57.1 Å². The lowest BCUT2D eigenvalue weighted by Crippen LogP contribution is -2.61. The van der Waals surface area contributed by atoms with E-state index in [0.29, 0.717) is 16.7 Å². The number of esters is 3. The molecule has 330 valence electrons. The third kappa shape index (κ3) is 7.68. The first-order chi connectivity index (χ1) is 28.5. The van der Waals surface area contributed by atoms with Crippen molar-refractivity contribution in [2.24, 2.45) is 0 Å². The van der Waals surface area contributed by atoms with E-state index in [1.54, 1.807) is 52.8 Å². The number of aryl methyl sites for hydroxylation is 1. The van der Waals surface area contributed by atoms with Crippen molar-refractivity contribution in [2.45, 2.75) is 129 Å². The number of aromatic hydroxyl groups is 1. The third-order valence-corrected chi connectivity index (χ3v) is 12.8. The van der Waals surface area contributed by atoms with E-state index in [2.05, 4.69) is 0 Å². The number of allylic oxidation sites excluding steroid dienone is 2. The summed E-state index contributed by atoms with van der Waals surface area (Å²) in [7, 11) is 8.71. The second-order valence-electron chi connectivity index (χ2n) is 17.1. The summed E-state index contributed by atoms with van der Waals surface area (Å²) in [4.78, 5) is 71.4. The molecule has 0 radical (unpaired) electrons. The Morgan fingerprint density at radius 2 is 1.52 bits per heavy atom. The van der Waals surface area contributed by atoms with E-state index in [1.807, 2.05) is 44.9 Å².